The molecule has 6 heteroatoms. The second-order valence-electron chi connectivity index (χ2n) is 6.52. The number of ketones is 1. The molecular weight excluding hydrogens is 316 g/mol. The van der Waals surface area contributed by atoms with E-state index in [1.807, 2.05) is 44.2 Å². The molecule has 6 nitrogen and oxygen atoms in total. The van der Waals surface area contributed by atoms with Crippen LogP contribution in [0.3, 0.4) is 0 Å². The maximum atomic E-state index is 12.5. The minimum absolute atomic E-state index is 0.175. The number of aryl methyl sites for hydroxylation is 2. The van der Waals surface area contributed by atoms with E-state index in [1.165, 1.54) is 4.90 Å². The highest BCUT2D eigenvalue weighted by Crippen LogP contribution is 2.12. The number of rotatable bonds is 5. The van der Waals surface area contributed by atoms with Gasteiger partial charge in [-0.15, -0.1) is 0 Å². The number of Topliss-reactive ketones (excluding diaryl/α,β-unsaturated/α-hetero) is 1. The van der Waals surface area contributed by atoms with Crippen LogP contribution in [-0.2, 0) is 0 Å². The Morgan fingerprint density at radius 2 is 1.72 bits per heavy atom. The van der Waals surface area contributed by atoms with Crippen LogP contribution in [0.25, 0.3) is 0 Å². The van der Waals surface area contributed by atoms with Gasteiger partial charge in [0.05, 0.1) is 33.3 Å². The molecule has 3 rings (SSSR count). The SMILES string of the molecule is COc1ccc(C(=O)C[NH+]2CCN(c3nc(C)cc(C)n3)CC2)cc1. The van der Waals surface area contributed by atoms with Crippen LogP contribution in [0, 0.1) is 13.8 Å². The van der Waals surface area contributed by atoms with Crippen molar-refractivity contribution in [3.8, 4) is 5.75 Å². The number of piperazine rings is 1. The van der Waals surface area contributed by atoms with Crippen molar-refractivity contribution in [1.29, 1.82) is 0 Å². The zero-order valence-electron chi connectivity index (χ0n) is 15.1. The van der Waals surface area contributed by atoms with Crippen molar-refractivity contribution in [3.05, 3.63) is 47.3 Å². The third-order valence-electron chi connectivity index (χ3n) is 4.55. The van der Waals surface area contributed by atoms with Crippen molar-refractivity contribution >= 4 is 11.7 Å². The number of hydrogen-bond donors (Lipinski definition) is 1. The third-order valence-corrected chi connectivity index (χ3v) is 4.55. The van der Waals surface area contributed by atoms with E-state index in [4.69, 9.17) is 4.74 Å². The average Bonchev–Trinajstić information content (AvgIpc) is 2.61. The predicted molar refractivity (Wildman–Crippen MR) is 96.6 cm³/mol. The van der Waals surface area contributed by atoms with Crippen molar-refractivity contribution < 1.29 is 14.4 Å². The monoisotopic (exact) mass is 341 g/mol. The second kappa shape index (κ2) is 7.61. The van der Waals surface area contributed by atoms with E-state index < -0.39 is 0 Å². The molecule has 1 aromatic heterocycles. The molecule has 1 N–H and O–H groups in total. The number of methoxy groups -OCH3 is 1. The van der Waals surface area contributed by atoms with E-state index in [1.54, 1.807) is 7.11 Å². The molecule has 0 aliphatic carbocycles. The van der Waals surface area contributed by atoms with Gasteiger partial charge in [-0.2, -0.15) is 0 Å². The van der Waals surface area contributed by atoms with Crippen LogP contribution in [0.2, 0.25) is 0 Å². The summed E-state index contributed by atoms with van der Waals surface area (Å²) in [5.74, 6) is 1.75. The summed E-state index contributed by atoms with van der Waals surface area (Å²) in [7, 11) is 1.62. The lowest BCUT2D eigenvalue weighted by molar-refractivity contribution is -0.892. The summed E-state index contributed by atoms with van der Waals surface area (Å²) in [5.41, 5.74) is 2.73. The van der Waals surface area contributed by atoms with Gasteiger partial charge < -0.3 is 14.5 Å². The Morgan fingerprint density at radius 3 is 2.28 bits per heavy atom. The van der Waals surface area contributed by atoms with Crippen LogP contribution < -0.4 is 14.5 Å². The van der Waals surface area contributed by atoms with Gasteiger partial charge in [-0.05, 0) is 44.2 Å². The standard InChI is InChI=1S/C19H24N4O2/c1-14-12-15(2)21-19(20-14)23-10-8-22(9-11-23)13-18(24)16-4-6-17(25-3)7-5-16/h4-7,12H,8-11,13H2,1-3H3/p+1. The lowest BCUT2D eigenvalue weighted by atomic mass is 10.1. The van der Waals surface area contributed by atoms with E-state index >= 15 is 0 Å². The van der Waals surface area contributed by atoms with Gasteiger partial charge in [0, 0.05) is 17.0 Å². The van der Waals surface area contributed by atoms with Crippen molar-refractivity contribution in [2.75, 3.05) is 44.7 Å². The Bertz CT molecular complexity index is 717. The van der Waals surface area contributed by atoms with Crippen LogP contribution in [-0.4, -0.2) is 55.6 Å². The minimum atomic E-state index is 0.175. The Balaban J connectivity index is 1.55. The summed E-state index contributed by atoms with van der Waals surface area (Å²) in [6, 6.07) is 9.31. The molecule has 1 aliphatic heterocycles. The molecule has 1 aliphatic rings. The molecule has 0 unspecified atom stereocenters. The fourth-order valence-corrected chi connectivity index (χ4v) is 3.15. The van der Waals surface area contributed by atoms with Crippen LogP contribution in [0.15, 0.2) is 30.3 Å². The molecule has 2 aromatic rings. The lowest BCUT2D eigenvalue weighted by Crippen LogP contribution is -3.15. The predicted octanol–water partition coefficient (Wildman–Crippen LogP) is 0.690. The molecule has 25 heavy (non-hydrogen) atoms. The highest BCUT2D eigenvalue weighted by Gasteiger charge is 2.24. The largest absolute Gasteiger partial charge is 0.497 e. The van der Waals surface area contributed by atoms with Crippen LogP contribution >= 0.6 is 0 Å². The van der Waals surface area contributed by atoms with Gasteiger partial charge in [-0.3, -0.25) is 4.79 Å². The number of carbonyl (C=O) groups is 1. The molecule has 1 saturated heterocycles. The zero-order chi connectivity index (χ0) is 17.8. The fourth-order valence-electron chi connectivity index (χ4n) is 3.15. The topological polar surface area (TPSA) is 59.8 Å². The summed E-state index contributed by atoms with van der Waals surface area (Å²) in [6.45, 7) is 8.08. The van der Waals surface area contributed by atoms with Gasteiger partial charge in [-0.25, -0.2) is 9.97 Å². The van der Waals surface area contributed by atoms with Crippen molar-refractivity contribution in [3.63, 3.8) is 0 Å². The number of ether oxygens (including phenoxy) is 1. The molecule has 0 radical (unpaired) electrons. The second-order valence-corrected chi connectivity index (χ2v) is 6.52. The molecule has 0 spiro atoms. The number of aromatic nitrogens is 2. The molecule has 0 atom stereocenters. The molecule has 0 bridgehead atoms. The average molecular weight is 341 g/mol. The van der Waals surface area contributed by atoms with Crippen LogP contribution in [0.5, 0.6) is 5.75 Å². The Kier molecular flexibility index (Phi) is 5.28. The number of benzene rings is 1. The number of anilines is 1. The normalized spacial score (nSPS) is 15.2. The van der Waals surface area contributed by atoms with Crippen LogP contribution in [0.4, 0.5) is 5.95 Å². The number of quaternary nitrogens is 1. The minimum Gasteiger partial charge on any atom is -0.497 e. The first-order chi connectivity index (χ1) is 12.0. The van der Waals surface area contributed by atoms with Gasteiger partial charge in [0.15, 0.2) is 0 Å². The highest BCUT2D eigenvalue weighted by atomic mass is 16.5. The van der Waals surface area contributed by atoms with Gasteiger partial charge in [0.2, 0.25) is 11.7 Å². The van der Waals surface area contributed by atoms with Crippen molar-refractivity contribution in [2.45, 2.75) is 13.8 Å². The quantitative estimate of drug-likeness (QED) is 0.811. The Morgan fingerprint density at radius 1 is 1.12 bits per heavy atom. The summed E-state index contributed by atoms with van der Waals surface area (Å²) in [4.78, 5) is 25.0. The van der Waals surface area contributed by atoms with E-state index in [-0.39, 0.29) is 5.78 Å². The maximum absolute atomic E-state index is 12.5. The smallest absolute Gasteiger partial charge is 0.226 e. The van der Waals surface area contributed by atoms with Gasteiger partial charge in [0.1, 0.15) is 12.3 Å². The first-order valence-electron chi connectivity index (χ1n) is 8.63. The van der Waals surface area contributed by atoms with Crippen molar-refractivity contribution in [1.82, 2.24) is 9.97 Å². The molecule has 1 aromatic carbocycles. The summed E-state index contributed by atoms with van der Waals surface area (Å²) in [6.07, 6.45) is 0. The number of carbonyl (C=O) groups excluding carboxylic acids is 1. The van der Waals surface area contributed by atoms with E-state index in [0.717, 1.165) is 54.8 Å². The van der Waals surface area contributed by atoms with E-state index in [0.29, 0.717) is 6.54 Å². The fraction of sp³-hybridized carbons (Fsp3) is 0.421. The van der Waals surface area contributed by atoms with E-state index in [2.05, 4.69) is 14.9 Å². The molecule has 0 saturated carbocycles. The van der Waals surface area contributed by atoms with Gasteiger partial charge in [-0.1, -0.05) is 0 Å². The molecule has 1 fully saturated rings. The molecular formula is C19H25N4O2+. The van der Waals surface area contributed by atoms with E-state index in [9.17, 15) is 4.79 Å². The molecule has 2 heterocycles. The molecule has 0 amide bonds. The van der Waals surface area contributed by atoms with Crippen molar-refractivity contribution in [2.24, 2.45) is 0 Å². The maximum Gasteiger partial charge on any atom is 0.226 e. The summed E-state index contributed by atoms with van der Waals surface area (Å²) < 4.78 is 5.14. The Hall–Kier alpha value is -2.47. The number of hydrogen-bond acceptors (Lipinski definition) is 5. The highest BCUT2D eigenvalue weighted by molar-refractivity contribution is 5.96. The van der Waals surface area contributed by atoms with Crippen LogP contribution in [0.1, 0.15) is 21.7 Å². The first-order valence-corrected chi connectivity index (χ1v) is 8.63. The third kappa shape index (κ3) is 4.33. The number of nitrogens with zero attached hydrogens (tertiary/aromatic N) is 3. The summed E-state index contributed by atoms with van der Waals surface area (Å²) in [5, 5.41) is 0. The summed E-state index contributed by atoms with van der Waals surface area (Å²) >= 11 is 0. The zero-order valence-corrected chi connectivity index (χ0v) is 15.1. The first kappa shape index (κ1) is 17.4. The number of nitrogens with one attached hydrogen (secondary N) is 1. The van der Waals surface area contributed by atoms with Gasteiger partial charge >= 0.3 is 0 Å². The van der Waals surface area contributed by atoms with Gasteiger partial charge in [0.25, 0.3) is 0 Å². The molecule has 132 valence electrons. The Labute approximate surface area is 148 Å². The lowest BCUT2D eigenvalue weighted by Gasteiger charge is -2.32.